The lowest BCUT2D eigenvalue weighted by Gasteiger charge is -2.04. The fourth-order valence-electron chi connectivity index (χ4n) is 1.96. The molecule has 0 aliphatic rings. The van der Waals surface area contributed by atoms with Crippen LogP contribution in [0.2, 0.25) is 0 Å². The molecule has 3 aromatic rings. The summed E-state index contributed by atoms with van der Waals surface area (Å²) in [6.45, 7) is 3.04. The fourth-order valence-corrected chi connectivity index (χ4v) is 2.92. The van der Waals surface area contributed by atoms with Crippen LogP contribution in [0, 0.1) is 0 Å². The Bertz CT molecular complexity index is 640. The molecule has 0 radical (unpaired) electrons. The number of benzene rings is 2. The molecule has 1 N–H and O–H groups in total. The van der Waals surface area contributed by atoms with Gasteiger partial charge in [0.2, 0.25) is 0 Å². The molecule has 0 saturated heterocycles. The average Bonchev–Trinajstić information content (AvgIpc) is 2.83. The van der Waals surface area contributed by atoms with Gasteiger partial charge in [0.05, 0.1) is 10.2 Å². The van der Waals surface area contributed by atoms with E-state index in [0.717, 1.165) is 22.8 Å². The highest BCUT2D eigenvalue weighted by molar-refractivity contribution is 7.21. The maximum Gasteiger partial charge on any atom is 0.124 e. The SMILES string of the molecule is CCNc1cccc(-c2nc3ccccc3s2)c1. The Morgan fingerprint density at radius 1 is 1.11 bits per heavy atom. The van der Waals surface area contributed by atoms with Gasteiger partial charge in [0, 0.05) is 17.8 Å². The molecule has 0 aliphatic carbocycles. The van der Waals surface area contributed by atoms with Crippen molar-refractivity contribution in [3.8, 4) is 10.6 Å². The van der Waals surface area contributed by atoms with Gasteiger partial charge in [-0.25, -0.2) is 4.98 Å². The van der Waals surface area contributed by atoms with Crippen LogP contribution in [0.5, 0.6) is 0 Å². The van der Waals surface area contributed by atoms with Gasteiger partial charge >= 0.3 is 0 Å². The first kappa shape index (κ1) is 11.2. The summed E-state index contributed by atoms with van der Waals surface area (Å²) in [5.74, 6) is 0. The van der Waals surface area contributed by atoms with Crippen molar-refractivity contribution in [1.29, 1.82) is 0 Å². The van der Waals surface area contributed by atoms with E-state index in [1.165, 1.54) is 10.3 Å². The normalized spacial score (nSPS) is 10.7. The van der Waals surface area contributed by atoms with E-state index in [1.54, 1.807) is 11.3 Å². The number of hydrogen-bond donors (Lipinski definition) is 1. The van der Waals surface area contributed by atoms with Gasteiger partial charge in [-0.05, 0) is 31.2 Å². The summed E-state index contributed by atoms with van der Waals surface area (Å²) < 4.78 is 1.24. The number of rotatable bonds is 3. The minimum Gasteiger partial charge on any atom is -0.385 e. The van der Waals surface area contributed by atoms with Crippen LogP contribution in [0.3, 0.4) is 0 Å². The molecule has 2 nitrogen and oxygen atoms in total. The van der Waals surface area contributed by atoms with Gasteiger partial charge < -0.3 is 5.32 Å². The van der Waals surface area contributed by atoms with Gasteiger partial charge in [0.15, 0.2) is 0 Å². The van der Waals surface area contributed by atoms with Crippen molar-refractivity contribution < 1.29 is 0 Å². The van der Waals surface area contributed by atoms with Crippen LogP contribution in [0.1, 0.15) is 6.92 Å². The molecule has 0 bridgehead atoms. The van der Waals surface area contributed by atoms with Crippen LogP contribution in [0.25, 0.3) is 20.8 Å². The zero-order chi connectivity index (χ0) is 12.4. The van der Waals surface area contributed by atoms with Crippen molar-refractivity contribution in [1.82, 2.24) is 4.98 Å². The molecule has 18 heavy (non-hydrogen) atoms. The molecule has 1 aromatic heterocycles. The zero-order valence-corrected chi connectivity index (χ0v) is 11.0. The molecule has 0 atom stereocenters. The van der Waals surface area contributed by atoms with Gasteiger partial charge in [-0.1, -0.05) is 24.3 Å². The molecule has 0 spiro atoms. The third-order valence-electron chi connectivity index (χ3n) is 2.78. The lowest BCUT2D eigenvalue weighted by atomic mass is 10.2. The minimum absolute atomic E-state index is 0.934. The van der Waals surface area contributed by atoms with Gasteiger partial charge in [-0.2, -0.15) is 0 Å². The van der Waals surface area contributed by atoms with Crippen molar-refractivity contribution >= 4 is 27.2 Å². The molecule has 0 amide bonds. The molecule has 0 saturated carbocycles. The van der Waals surface area contributed by atoms with Gasteiger partial charge in [0.1, 0.15) is 5.01 Å². The lowest BCUT2D eigenvalue weighted by molar-refractivity contribution is 1.21. The summed E-state index contributed by atoms with van der Waals surface area (Å²) in [5.41, 5.74) is 3.40. The summed E-state index contributed by atoms with van der Waals surface area (Å²) in [4.78, 5) is 4.67. The highest BCUT2D eigenvalue weighted by Gasteiger charge is 2.05. The number of anilines is 1. The molecule has 1 heterocycles. The molecule has 3 rings (SSSR count). The first-order valence-electron chi connectivity index (χ1n) is 6.06. The Kier molecular flexibility index (Phi) is 2.99. The third-order valence-corrected chi connectivity index (χ3v) is 3.87. The van der Waals surface area contributed by atoms with Crippen LogP contribution in [-0.4, -0.2) is 11.5 Å². The van der Waals surface area contributed by atoms with Gasteiger partial charge in [-0.3, -0.25) is 0 Å². The van der Waals surface area contributed by atoms with Crippen molar-refractivity contribution in [3.63, 3.8) is 0 Å². The molecular formula is C15H14N2S. The Morgan fingerprint density at radius 2 is 2.00 bits per heavy atom. The van der Waals surface area contributed by atoms with E-state index in [4.69, 9.17) is 0 Å². The Morgan fingerprint density at radius 3 is 2.83 bits per heavy atom. The molecule has 0 unspecified atom stereocenters. The van der Waals surface area contributed by atoms with Crippen molar-refractivity contribution in [3.05, 3.63) is 48.5 Å². The first-order valence-corrected chi connectivity index (χ1v) is 6.88. The Labute approximate surface area is 110 Å². The second-order valence-electron chi connectivity index (χ2n) is 4.10. The molecule has 3 heteroatoms. The summed E-state index contributed by atoms with van der Waals surface area (Å²) >= 11 is 1.74. The zero-order valence-electron chi connectivity index (χ0n) is 10.2. The molecule has 0 aliphatic heterocycles. The Hall–Kier alpha value is -1.87. The average molecular weight is 254 g/mol. The Balaban J connectivity index is 2.05. The van der Waals surface area contributed by atoms with E-state index >= 15 is 0 Å². The van der Waals surface area contributed by atoms with E-state index in [0.29, 0.717) is 0 Å². The number of aromatic nitrogens is 1. The number of nitrogens with zero attached hydrogens (tertiary/aromatic N) is 1. The smallest absolute Gasteiger partial charge is 0.124 e. The highest BCUT2D eigenvalue weighted by atomic mass is 32.1. The first-order chi connectivity index (χ1) is 8.86. The molecule has 90 valence electrons. The quantitative estimate of drug-likeness (QED) is 0.749. The van der Waals surface area contributed by atoms with Crippen LogP contribution in [0.15, 0.2) is 48.5 Å². The summed E-state index contributed by atoms with van der Waals surface area (Å²) in [6, 6.07) is 16.7. The fraction of sp³-hybridized carbons (Fsp3) is 0.133. The summed E-state index contributed by atoms with van der Waals surface area (Å²) in [7, 11) is 0. The third kappa shape index (κ3) is 2.09. The number of nitrogens with one attached hydrogen (secondary N) is 1. The number of thiazole rings is 1. The number of para-hydroxylation sites is 1. The van der Waals surface area contributed by atoms with Crippen molar-refractivity contribution in [2.45, 2.75) is 6.92 Å². The second kappa shape index (κ2) is 4.78. The largest absolute Gasteiger partial charge is 0.385 e. The van der Waals surface area contributed by atoms with E-state index in [2.05, 4.69) is 59.7 Å². The van der Waals surface area contributed by atoms with E-state index < -0.39 is 0 Å². The molecule has 0 fully saturated rings. The van der Waals surface area contributed by atoms with Gasteiger partial charge in [0.25, 0.3) is 0 Å². The predicted molar refractivity (Wildman–Crippen MR) is 79.2 cm³/mol. The summed E-state index contributed by atoms with van der Waals surface area (Å²) in [5, 5.41) is 4.41. The number of fused-ring (bicyclic) bond motifs is 1. The molecule has 2 aromatic carbocycles. The maximum absolute atomic E-state index is 4.67. The van der Waals surface area contributed by atoms with Crippen LogP contribution in [-0.2, 0) is 0 Å². The van der Waals surface area contributed by atoms with Crippen molar-refractivity contribution in [2.24, 2.45) is 0 Å². The predicted octanol–water partition coefficient (Wildman–Crippen LogP) is 4.40. The highest BCUT2D eigenvalue weighted by Crippen LogP contribution is 2.31. The van der Waals surface area contributed by atoms with Crippen LogP contribution < -0.4 is 5.32 Å². The van der Waals surface area contributed by atoms with Crippen LogP contribution in [0.4, 0.5) is 5.69 Å². The standard InChI is InChI=1S/C15H14N2S/c1-2-16-12-7-5-6-11(10-12)15-17-13-8-3-4-9-14(13)18-15/h3-10,16H,2H2,1H3. The van der Waals surface area contributed by atoms with Crippen molar-refractivity contribution in [2.75, 3.05) is 11.9 Å². The number of hydrogen-bond acceptors (Lipinski definition) is 3. The molecular weight excluding hydrogens is 240 g/mol. The summed E-state index contributed by atoms with van der Waals surface area (Å²) in [6.07, 6.45) is 0. The lowest BCUT2D eigenvalue weighted by Crippen LogP contribution is -1.95. The minimum atomic E-state index is 0.934. The topological polar surface area (TPSA) is 24.9 Å². The second-order valence-corrected chi connectivity index (χ2v) is 5.13. The van der Waals surface area contributed by atoms with Gasteiger partial charge in [-0.15, -0.1) is 11.3 Å². The van der Waals surface area contributed by atoms with E-state index in [-0.39, 0.29) is 0 Å². The van der Waals surface area contributed by atoms with Crippen LogP contribution >= 0.6 is 11.3 Å². The monoisotopic (exact) mass is 254 g/mol. The van der Waals surface area contributed by atoms with E-state index in [9.17, 15) is 0 Å². The van der Waals surface area contributed by atoms with E-state index in [1.807, 2.05) is 6.07 Å². The maximum atomic E-state index is 4.67.